The highest BCUT2D eigenvalue weighted by Gasteiger charge is 2.20. The smallest absolute Gasteiger partial charge is 0.137 e. The van der Waals surface area contributed by atoms with E-state index in [9.17, 15) is 0 Å². The minimum atomic E-state index is 0.0101. The van der Waals surface area contributed by atoms with E-state index < -0.39 is 0 Å². The van der Waals surface area contributed by atoms with Crippen LogP contribution in [0.15, 0.2) is 103 Å². The van der Waals surface area contributed by atoms with Gasteiger partial charge in [0.1, 0.15) is 17.3 Å². The Morgan fingerprint density at radius 2 is 1.47 bits per heavy atom. The number of pyridine rings is 1. The summed E-state index contributed by atoms with van der Waals surface area (Å²) in [6.45, 7) is 17.5. The third-order valence-electron chi connectivity index (χ3n) is 9.18. The number of para-hydroxylation sites is 1. The molecule has 5 nitrogen and oxygen atoms in total. The van der Waals surface area contributed by atoms with Crippen molar-refractivity contribution in [2.24, 2.45) is 0 Å². The standard InChI is InChI=1S/C42H42N4O/c1-26(2)31-21-33(46-29(5)41(28(4)44-46)30-15-13-27(3)14-16-30)24-35(22-31)47-34-17-18-37-36-11-9-10-12-38(36)45(39(37)25-34)40-23-32(19-20-43-40)42(6,7)8/h9-26H,1-8H3. The van der Waals surface area contributed by atoms with Crippen LogP contribution in [-0.4, -0.2) is 19.3 Å². The zero-order valence-electron chi connectivity index (χ0n) is 28.6. The lowest BCUT2D eigenvalue weighted by Crippen LogP contribution is -2.12. The van der Waals surface area contributed by atoms with Gasteiger partial charge in [0.2, 0.25) is 0 Å². The van der Waals surface area contributed by atoms with Crippen LogP contribution in [-0.2, 0) is 5.41 Å². The van der Waals surface area contributed by atoms with Crippen LogP contribution < -0.4 is 4.74 Å². The van der Waals surface area contributed by atoms with Crippen molar-refractivity contribution in [3.8, 4) is 34.1 Å². The Morgan fingerprint density at radius 3 is 2.21 bits per heavy atom. The van der Waals surface area contributed by atoms with Crippen LogP contribution in [0.4, 0.5) is 0 Å². The molecule has 0 atom stereocenters. The van der Waals surface area contributed by atoms with Gasteiger partial charge in [-0.2, -0.15) is 5.10 Å². The molecule has 0 unspecified atom stereocenters. The van der Waals surface area contributed by atoms with E-state index in [1.165, 1.54) is 38.6 Å². The predicted molar refractivity (Wildman–Crippen MR) is 195 cm³/mol. The van der Waals surface area contributed by atoms with Crippen molar-refractivity contribution >= 4 is 21.8 Å². The number of hydrogen-bond acceptors (Lipinski definition) is 3. The first-order valence-electron chi connectivity index (χ1n) is 16.4. The van der Waals surface area contributed by atoms with Crippen LogP contribution >= 0.6 is 0 Å². The van der Waals surface area contributed by atoms with Gasteiger partial charge in [-0.05, 0) is 91.3 Å². The summed E-state index contributed by atoms with van der Waals surface area (Å²) < 4.78 is 11.0. The summed E-state index contributed by atoms with van der Waals surface area (Å²) >= 11 is 0. The van der Waals surface area contributed by atoms with Crippen molar-refractivity contribution in [3.05, 3.63) is 131 Å². The van der Waals surface area contributed by atoms with E-state index >= 15 is 0 Å². The lowest BCUT2D eigenvalue weighted by Gasteiger charge is -2.20. The predicted octanol–water partition coefficient (Wildman–Crippen LogP) is 11.2. The average molecular weight is 619 g/mol. The molecule has 0 bridgehead atoms. The maximum Gasteiger partial charge on any atom is 0.137 e. The average Bonchev–Trinajstić information content (AvgIpc) is 3.53. The molecule has 0 aliphatic carbocycles. The molecule has 0 fully saturated rings. The number of fused-ring (bicyclic) bond motifs is 3. The molecule has 0 saturated carbocycles. The summed E-state index contributed by atoms with van der Waals surface area (Å²) in [4.78, 5) is 4.84. The maximum absolute atomic E-state index is 6.70. The van der Waals surface area contributed by atoms with Crippen molar-refractivity contribution < 1.29 is 4.74 Å². The quantitative estimate of drug-likeness (QED) is 0.186. The van der Waals surface area contributed by atoms with Gasteiger partial charge >= 0.3 is 0 Å². The second-order valence-corrected chi connectivity index (χ2v) is 14.0. The Kier molecular flexibility index (Phi) is 7.51. The van der Waals surface area contributed by atoms with Crippen LogP contribution in [0.25, 0.3) is 44.4 Å². The van der Waals surface area contributed by atoms with Gasteiger partial charge in [-0.15, -0.1) is 0 Å². The molecule has 236 valence electrons. The molecule has 7 rings (SSSR count). The highest BCUT2D eigenvalue weighted by atomic mass is 16.5. The first-order chi connectivity index (χ1) is 22.5. The SMILES string of the molecule is Cc1ccc(-c2c(C)nn(-c3cc(Oc4ccc5c6ccccc6n(-c6cc(C(C)(C)C)ccn6)c5c4)cc(C(C)C)c3)c2C)cc1. The van der Waals surface area contributed by atoms with Gasteiger partial charge < -0.3 is 4.74 Å². The molecule has 3 heterocycles. The molecule has 0 aliphatic heterocycles. The third kappa shape index (κ3) is 5.61. The van der Waals surface area contributed by atoms with E-state index in [2.05, 4.69) is 162 Å². The number of ether oxygens (including phenoxy) is 1. The van der Waals surface area contributed by atoms with Crippen LogP contribution in [0.5, 0.6) is 11.5 Å². The van der Waals surface area contributed by atoms with Crippen LogP contribution in [0.2, 0.25) is 0 Å². The lowest BCUT2D eigenvalue weighted by atomic mass is 9.88. The number of hydrogen-bond donors (Lipinski definition) is 0. The van der Waals surface area contributed by atoms with Gasteiger partial charge in [-0.3, -0.25) is 4.57 Å². The van der Waals surface area contributed by atoms with Crippen molar-refractivity contribution in [2.45, 2.75) is 66.7 Å². The Labute approximate surface area is 277 Å². The second-order valence-electron chi connectivity index (χ2n) is 14.0. The fraction of sp³-hybridized carbons (Fsp3) is 0.238. The van der Waals surface area contributed by atoms with Gasteiger partial charge in [-0.25, -0.2) is 9.67 Å². The molecule has 0 spiro atoms. The minimum absolute atomic E-state index is 0.0101. The number of rotatable bonds is 6. The highest BCUT2D eigenvalue weighted by Crippen LogP contribution is 2.37. The normalized spacial score (nSPS) is 12.0. The van der Waals surface area contributed by atoms with E-state index in [1.54, 1.807) is 0 Å². The molecule has 4 aromatic carbocycles. The van der Waals surface area contributed by atoms with Gasteiger partial charge in [0, 0.05) is 40.4 Å². The van der Waals surface area contributed by atoms with Gasteiger partial charge in [0.05, 0.1) is 22.4 Å². The number of benzene rings is 4. The number of aromatic nitrogens is 4. The van der Waals surface area contributed by atoms with Crippen molar-refractivity contribution in [3.63, 3.8) is 0 Å². The van der Waals surface area contributed by atoms with Crippen molar-refractivity contribution in [1.82, 2.24) is 19.3 Å². The van der Waals surface area contributed by atoms with Gasteiger partial charge in [-0.1, -0.05) is 82.6 Å². The molecule has 0 saturated heterocycles. The van der Waals surface area contributed by atoms with Gasteiger partial charge in [0.15, 0.2) is 0 Å². The molecule has 7 aromatic rings. The van der Waals surface area contributed by atoms with Crippen LogP contribution in [0, 0.1) is 20.8 Å². The minimum Gasteiger partial charge on any atom is -0.457 e. The Balaban J connectivity index is 1.33. The Hall–Kier alpha value is -5.16. The summed E-state index contributed by atoms with van der Waals surface area (Å²) in [5, 5.41) is 7.37. The monoisotopic (exact) mass is 618 g/mol. The van der Waals surface area contributed by atoms with E-state index in [-0.39, 0.29) is 5.41 Å². The zero-order chi connectivity index (χ0) is 33.0. The van der Waals surface area contributed by atoms with Crippen molar-refractivity contribution in [1.29, 1.82) is 0 Å². The molecule has 0 amide bonds. The first kappa shape index (κ1) is 30.5. The Bertz CT molecular complexity index is 2260. The molecular weight excluding hydrogens is 576 g/mol. The molecule has 0 aliphatic rings. The second kappa shape index (κ2) is 11.6. The highest BCUT2D eigenvalue weighted by molar-refractivity contribution is 6.09. The van der Waals surface area contributed by atoms with E-state index in [1.807, 2.05) is 6.20 Å². The van der Waals surface area contributed by atoms with Crippen LogP contribution in [0.3, 0.4) is 0 Å². The molecule has 0 N–H and O–H groups in total. The zero-order valence-corrected chi connectivity index (χ0v) is 28.6. The fourth-order valence-electron chi connectivity index (χ4n) is 6.56. The number of aryl methyl sites for hydroxylation is 2. The molecule has 47 heavy (non-hydrogen) atoms. The molecule has 3 aromatic heterocycles. The fourth-order valence-corrected chi connectivity index (χ4v) is 6.56. The largest absolute Gasteiger partial charge is 0.457 e. The first-order valence-corrected chi connectivity index (χ1v) is 16.4. The van der Waals surface area contributed by atoms with E-state index in [4.69, 9.17) is 14.8 Å². The summed E-state index contributed by atoms with van der Waals surface area (Å²) in [7, 11) is 0. The summed E-state index contributed by atoms with van der Waals surface area (Å²) in [6.07, 6.45) is 1.92. The summed E-state index contributed by atoms with van der Waals surface area (Å²) in [6, 6.07) is 34.4. The van der Waals surface area contributed by atoms with Gasteiger partial charge in [0.25, 0.3) is 0 Å². The lowest BCUT2D eigenvalue weighted by molar-refractivity contribution is 0.481. The van der Waals surface area contributed by atoms with Crippen LogP contribution in [0.1, 0.15) is 68.6 Å². The summed E-state index contributed by atoms with van der Waals surface area (Å²) in [5.41, 5.74) is 11.3. The molecular formula is C42H42N4O. The van der Waals surface area contributed by atoms with Crippen molar-refractivity contribution in [2.75, 3.05) is 0 Å². The maximum atomic E-state index is 6.70. The number of nitrogens with zero attached hydrogens (tertiary/aromatic N) is 4. The Morgan fingerprint density at radius 1 is 0.723 bits per heavy atom. The molecule has 5 heteroatoms. The van der Waals surface area contributed by atoms with E-state index in [0.717, 1.165) is 45.4 Å². The third-order valence-corrected chi connectivity index (χ3v) is 9.18. The van der Waals surface area contributed by atoms with E-state index in [0.29, 0.717) is 5.92 Å². The molecule has 0 radical (unpaired) electrons. The summed E-state index contributed by atoms with van der Waals surface area (Å²) in [5.74, 6) is 2.77. The topological polar surface area (TPSA) is 44.9 Å².